The van der Waals surface area contributed by atoms with Gasteiger partial charge in [-0.25, -0.2) is 8.42 Å². The molecule has 2 aromatic rings. The first kappa shape index (κ1) is 19.0. The molecular formula is C17H24ClN3O2S. The number of benzene rings is 1. The van der Waals surface area contributed by atoms with E-state index >= 15 is 0 Å². The van der Waals surface area contributed by atoms with Gasteiger partial charge in [0.15, 0.2) is 0 Å². The van der Waals surface area contributed by atoms with E-state index < -0.39 is 10.0 Å². The number of halogens is 1. The van der Waals surface area contributed by atoms with E-state index in [1.54, 1.807) is 33.0 Å². The molecule has 0 bridgehead atoms. The Bertz CT molecular complexity index is 872. The Morgan fingerprint density at radius 2 is 1.79 bits per heavy atom. The van der Waals surface area contributed by atoms with Gasteiger partial charge in [-0.1, -0.05) is 11.6 Å². The van der Waals surface area contributed by atoms with E-state index in [2.05, 4.69) is 5.10 Å². The third-order valence-corrected chi connectivity index (χ3v) is 6.71. The Morgan fingerprint density at radius 1 is 1.17 bits per heavy atom. The maximum Gasteiger partial charge on any atom is 0.243 e. The Labute approximate surface area is 149 Å². The van der Waals surface area contributed by atoms with Crippen molar-refractivity contribution in [3.8, 4) is 0 Å². The molecule has 132 valence electrons. The molecule has 0 fully saturated rings. The van der Waals surface area contributed by atoms with Crippen molar-refractivity contribution in [2.75, 3.05) is 7.05 Å². The largest absolute Gasteiger partial charge is 0.270 e. The summed E-state index contributed by atoms with van der Waals surface area (Å²) >= 11 is 6.09. The number of aryl methyl sites for hydroxylation is 4. The van der Waals surface area contributed by atoms with Crippen LogP contribution in [0.2, 0.25) is 5.02 Å². The Morgan fingerprint density at radius 3 is 2.33 bits per heavy atom. The molecule has 0 N–H and O–H groups in total. The minimum absolute atomic E-state index is 0.293. The fourth-order valence-electron chi connectivity index (χ4n) is 2.78. The second kappa shape index (κ2) is 6.86. The molecular weight excluding hydrogens is 346 g/mol. The average Bonchev–Trinajstić information content (AvgIpc) is 2.78. The van der Waals surface area contributed by atoms with Crippen LogP contribution in [0.1, 0.15) is 35.0 Å². The van der Waals surface area contributed by atoms with Crippen molar-refractivity contribution in [2.24, 2.45) is 0 Å². The fraction of sp³-hybridized carbons (Fsp3) is 0.471. The van der Waals surface area contributed by atoms with Crippen LogP contribution in [-0.4, -0.2) is 29.6 Å². The Kier molecular flexibility index (Phi) is 5.42. The summed E-state index contributed by atoms with van der Waals surface area (Å²) in [7, 11) is -2.00. The van der Waals surface area contributed by atoms with Gasteiger partial charge in [-0.05, 0) is 57.9 Å². The zero-order valence-electron chi connectivity index (χ0n) is 15.0. The lowest BCUT2D eigenvalue weighted by Crippen LogP contribution is -2.27. The number of sulfonamides is 1. The molecule has 0 saturated carbocycles. The summed E-state index contributed by atoms with van der Waals surface area (Å²) in [4.78, 5) is 0.296. The van der Waals surface area contributed by atoms with Gasteiger partial charge in [0.25, 0.3) is 0 Å². The summed E-state index contributed by atoms with van der Waals surface area (Å²) in [5.74, 6) is 0. The van der Waals surface area contributed by atoms with Crippen molar-refractivity contribution in [3.05, 3.63) is 45.2 Å². The van der Waals surface area contributed by atoms with Gasteiger partial charge in [0.2, 0.25) is 10.0 Å². The molecule has 24 heavy (non-hydrogen) atoms. The molecule has 5 nitrogen and oxygen atoms in total. The lowest BCUT2D eigenvalue weighted by Gasteiger charge is -2.19. The summed E-state index contributed by atoms with van der Waals surface area (Å²) < 4.78 is 29.2. The van der Waals surface area contributed by atoms with Crippen LogP contribution in [0.5, 0.6) is 0 Å². The highest BCUT2D eigenvalue weighted by atomic mass is 35.5. The van der Waals surface area contributed by atoms with E-state index in [1.165, 1.54) is 4.31 Å². The molecule has 0 unspecified atom stereocenters. The summed E-state index contributed by atoms with van der Waals surface area (Å²) in [6, 6.07) is 3.34. The molecule has 1 aromatic carbocycles. The molecule has 0 amide bonds. The second-order valence-electron chi connectivity index (χ2n) is 6.09. The van der Waals surface area contributed by atoms with Crippen molar-refractivity contribution < 1.29 is 8.42 Å². The summed E-state index contributed by atoms with van der Waals surface area (Å²) in [5.41, 5.74) is 4.21. The SMILES string of the molecule is CCn1nc(C)c(CN(C)S(=O)(=O)c2cc(C)c(Cl)cc2C)c1C. The first-order valence-electron chi connectivity index (χ1n) is 7.85. The van der Waals surface area contributed by atoms with Gasteiger partial charge in [0.1, 0.15) is 0 Å². The molecule has 1 aromatic heterocycles. The van der Waals surface area contributed by atoms with Gasteiger partial charge in [0.05, 0.1) is 10.6 Å². The standard InChI is InChI=1S/C17H24ClN3O2S/c1-7-21-14(5)15(13(4)19-21)10-20(6)24(22,23)17-9-11(2)16(18)8-12(17)3/h8-9H,7,10H2,1-6H3. The van der Waals surface area contributed by atoms with Crippen LogP contribution in [0.25, 0.3) is 0 Å². The number of rotatable bonds is 5. The van der Waals surface area contributed by atoms with Gasteiger partial charge in [-0.15, -0.1) is 0 Å². The van der Waals surface area contributed by atoms with Gasteiger partial charge in [-0.3, -0.25) is 4.68 Å². The third-order valence-electron chi connectivity index (χ3n) is 4.36. The maximum atomic E-state index is 13.0. The number of hydrogen-bond acceptors (Lipinski definition) is 3. The topological polar surface area (TPSA) is 55.2 Å². The van der Waals surface area contributed by atoms with Gasteiger partial charge in [-0.2, -0.15) is 9.40 Å². The zero-order chi connectivity index (χ0) is 18.2. The van der Waals surface area contributed by atoms with Crippen molar-refractivity contribution in [3.63, 3.8) is 0 Å². The van der Waals surface area contributed by atoms with E-state index in [1.807, 2.05) is 25.5 Å². The zero-order valence-corrected chi connectivity index (χ0v) is 16.6. The summed E-state index contributed by atoms with van der Waals surface area (Å²) in [6.07, 6.45) is 0. The summed E-state index contributed by atoms with van der Waals surface area (Å²) in [5, 5.41) is 5.03. The quantitative estimate of drug-likeness (QED) is 0.808. The van der Waals surface area contributed by atoms with Crippen LogP contribution < -0.4 is 0 Å². The predicted molar refractivity (Wildman–Crippen MR) is 97.0 cm³/mol. The predicted octanol–water partition coefficient (Wildman–Crippen LogP) is 3.61. The first-order valence-corrected chi connectivity index (χ1v) is 9.67. The van der Waals surface area contributed by atoms with E-state index in [4.69, 9.17) is 11.6 Å². The lowest BCUT2D eigenvalue weighted by atomic mass is 10.2. The molecule has 2 rings (SSSR count). The molecule has 0 saturated heterocycles. The van der Waals surface area contributed by atoms with Crippen molar-refractivity contribution in [1.82, 2.24) is 14.1 Å². The van der Waals surface area contributed by atoms with Crippen LogP contribution in [-0.2, 0) is 23.1 Å². The minimum Gasteiger partial charge on any atom is -0.270 e. The van der Waals surface area contributed by atoms with Crippen LogP contribution >= 0.6 is 11.6 Å². The molecule has 0 radical (unpaired) electrons. The highest BCUT2D eigenvalue weighted by Gasteiger charge is 2.25. The monoisotopic (exact) mass is 369 g/mol. The molecule has 0 atom stereocenters. The van der Waals surface area contributed by atoms with Gasteiger partial charge < -0.3 is 0 Å². The number of aromatic nitrogens is 2. The minimum atomic E-state index is -3.60. The third kappa shape index (κ3) is 3.36. The molecule has 7 heteroatoms. The smallest absolute Gasteiger partial charge is 0.243 e. The van der Waals surface area contributed by atoms with Crippen LogP contribution in [0.3, 0.4) is 0 Å². The lowest BCUT2D eigenvalue weighted by molar-refractivity contribution is 0.464. The van der Waals surface area contributed by atoms with Crippen LogP contribution in [0.15, 0.2) is 17.0 Å². The maximum absolute atomic E-state index is 13.0. The highest BCUT2D eigenvalue weighted by molar-refractivity contribution is 7.89. The average molecular weight is 370 g/mol. The second-order valence-corrected chi connectivity index (χ2v) is 8.51. The highest BCUT2D eigenvalue weighted by Crippen LogP contribution is 2.27. The normalized spacial score (nSPS) is 12.2. The Hall–Kier alpha value is -1.37. The van der Waals surface area contributed by atoms with Crippen LogP contribution in [0, 0.1) is 27.7 Å². The van der Waals surface area contributed by atoms with E-state index in [0.29, 0.717) is 22.0 Å². The van der Waals surface area contributed by atoms with Crippen molar-refractivity contribution in [2.45, 2.75) is 52.6 Å². The summed E-state index contributed by atoms with van der Waals surface area (Å²) in [6.45, 7) is 10.5. The van der Waals surface area contributed by atoms with Gasteiger partial charge >= 0.3 is 0 Å². The Balaban J connectivity index is 2.41. The van der Waals surface area contributed by atoms with E-state index in [0.717, 1.165) is 29.1 Å². The van der Waals surface area contributed by atoms with Gasteiger partial charge in [0, 0.05) is 36.4 Å². The number of hydrogen-bond donors (Lipinski definition) is 0. The molecule has 0 aliphatic heterocycles. The van der Waals surface area contributed by atoms with Crippen molar-refractivity contribution >= 4 is 21.6 Å². The molecule has 0 aliphatic rings. The number of nitrogens with zero attached hydrogens (tertiary/aromatic N) is 3. The fourth-order valence-corrected chi connectivity index (χ4v) is 4.42. The molecule has 1 heterocycles. The van der Waals surface area contributed by atoms with Crippen molar-refractivity contribution in [1.29, 1.82) is 0 Å². The van der Waals surface area contributed by atoms with E-state index in [9.17, 15) is 8.42 Å². The first-order chi connectivity index (χ1) is 11.1. The van der Waals surface area contributed by atoms with E-state index in [-0.39, 0.29) is 0 Å². The van der Waals surface area contributed by atoms with Crippen LogP contribution in [0.4, 0.5) is 0 Å². The molecule has 0 aliphatic carbocycles. The molecule has 0 spiro atoms.